The maximum atomic E-state index is 12.4. The fraction of sp³-hybridized carbons (Fsp3) is 0.240. The Labute approximate surface area is 194 Å². The van der Waals surface area contributed by atoms with Gasteiger partial charge in [0, 0.05) is 16.8 Å². The topological polar surface area (TPSA) is 112 Å². The molecule has 1 N–H and O–H groups in total. The van der Waals surface area contributed by atoms with Crippen LogP contribution >= 0.6 is 0 Å². The molecule has 1 fully saturated rings. The molecule has 1 aliphatic carbocycles. The first-order valence-corrected chi connectivity index (χ1v) is 11.3. The zero-order chi connectivity index (χ0) is 23.1. The quantitative estimate of drug-likeness (QED) is 0.377. The van der Waals surface area contributed by atoms with E-state index < -0.39 is 0 Å². The van der Waals surface area contributed by atoms with Gasteiger partial charge in [0.05, 0.1) is 17.8 Å². The van der Waals surface area contributed by atoms with Crippen LogP contribution in [-0.2, 0) is 0 Å². The zero-order valence-corrected chi connectivity index (χ0v) is 18.6. The average Bonchev–Trinajstić information content (AvgIpc) is 3.66. The molecule has 0 bridgehead atoms. The van der Waals surface area contributed by atoms with Crippen LogP contribution in [0.25, 0.3) is 33.9 Å². The van der Waals surface area contributed by atoms with Gasteiger partial charge < -0.3 is 14.3 Å². The number of nitrogens with zero attached hydrogens (tertiary/aromatic N) is 5. The summed E-state index contributed by atoms with van der Waals surface area (Å²) in [5.74, 6) is 0.743. The molecule has 34 heavy (non-hydrogen) atoms. The maximum Gasteiger partial charge on any atom is 0.291 e. The first-order valence-electron chi connectivity index (χ1n) is 11.3. The van der Waals surface area contributed by atoms with Gasteiger partial charge in [0.15, 0.2) is 5.76 Å². The number of nitrogens with one attached hydrogen (secondary N) is 1. The van der Waals surface area contributed by atoms with E-state index in [-0.39, 0.29) is 11.7 Å². The van der Waals surface area contributed by atoms with E-state index in [1.165, 1.54) is 19.1 Å². The minimum Gasteiger partial charge on any atom is -0.459 e. The molecule has 0 atom stereocenters. The summed E-state index contributed by atoms with van der Waals surface area (Å²) in [5.41, 5.74) is 4.89. The highest BCUT2D eigenvalue weighted by Gasteiger charge is 2.21. The molecule has 2 aromatic carbocycles. The summed E-state index contributed by atoms with van der Waals surface area (Å²) < 4.78 is 12.8. The number of aromatic nitrogens is 5. The van der Waals surface area contributed by atoms with Crippen molar-refractivity contribution >= 4 is 22.6 Å². The van der Waals surface area contributed by atoms with Gasteiger partial charge in [-0.2, -0.15) is 4.98 Å². The lowest BCUT2D eigenvalue weighted by molar-refractivity contribution is 0.0996. The molecular weight excluding hydrogens is 432 g/mol. The standard InChI is InChI=1S/C25H22N6O3/c1-15-8-9-17(14-19(15)26-24(32)22-7-4-12-33-22)25-27-23(29-34-25)16-10-11-21-20(13-16)28-30-31(21)18-5-2-3-6-18/h4,7-14,18H,2-3,5-6H2,1H3,(H,26,32). The monoisotopic (exact) mass is 454 g/mol. The molecule has 1 amide bonds. The number of carbonyl (C=O) groups excluding carboxylic acids is 1. The number of rotatable bonds is 5. The zero-order valence-electron chi connectivity index (χ0n) is 18.6. The Hall–Kier alpha value is -4.27. The molecule has 1 saturated carbocycles. The number of benzene rings is 2. The molecule has 5 aromatic rings. The lowest BCUT2D eigenvalue weighted by Crippen LogP contribution is -2.11. The van der Waals surface area contributed by atoms with Crippen LogP contribution in [0.5, 0.6) is 0 Å². The lowest BCUT2D eigenvalue weighted by Gasteiger charge is -2.09. The SMILES string of the molecule is Cc1ccc(-c2nc(-c3ccc4c(c3)nnn4C3CCCC3)no2)cc1NC(=O)c1ccco1. The molecule has 3 aromatic heterocycles. The van der Waals surface area contributed by atoms with Crippen molar-refractivity contribution in [3.05, 3.63) is 66.1 Å². The van der Waals surface area contributed by atoms with Crippen molar-refractivity contribution in [3.8, 4) is 22.8 Å². The van der Waals surface area contributed by atoms with Crippen LogP contribution < -0.4 is 5.32 Å². The fourth-order valence-corrected chi connectivity index (χ4v) is 4.44. The first-order chi connectivity index (χ1) is 16.7. The van der Waals surface area contributed by atoms with E-state index in [0.29, 0.717) is 29.0 Å². The van der Waals surface area contributed by atoms with Gasteiger partial charge in [-0.05, 0) is 67.8 Å². The minimum atomic E-state index is -0.324. The summed E-state index contributed by atoms with van der Waals surface area (Å²) in [5, 5.41) is 15.8. The summed E-state index contributed by atoms with van der Waals surface area (Å²) in [4.78, 5) is 17.0. The van der Waals surface area contributed by atoms with Gasteiger partial charge in [-0.15, -0.1) is 5.10 Å². The molecule has 170 valence electrons. The maximum absolute atomic E-state index is 12.4. The van der Waals surface area contributed by atoms with E-state index in [4.69, 9.17) is 8.94 Å². The van der Waals surface area contributed by atoms with Gasteiger partial charge in [0.2, 0.25) is 5.82 Å². The Morgan fingerprint density at radius 1 is 1.09 bits per heavy atom. The van der Waals surface area contributed by atoms with E-state index in [0.717, 1.165) is 35.0 Å². The Morgan fingerprint density at radius 2 is 1.94 bits per heavy atom. The summed E-state index contributed by atoms with van der Waals surface area (Å²) in [6.07, 6.45) is 6.24. The number of anilines is 1. The highest BCUT2D eigenvalue weighted by molar-refractivity contribution is 6.02. The van der Waals surface area contributed by atoms with Gasteiger partial charge in [-0.25, -0.2) is 4.68 Å². The predicted octanol–water partition coefficient (Wildman–Crippen LogP) is 5.42. The van der Waals surface area contributed by atoms with Crippen LogP contribution in [0.2, 0.25) is 0 Å². The fourth-order valence-electron chi connectivity index (χ4n) is 4.44. The number of furan rings is 1. The van der Waals surface area contributed by atoms with Crippen molar-refractivity contribution in [2.24, 2.45) is 0 Å². The van der Waals surface area contributed by atoms with Crippen molar-refractivity contribution in [1.82, 2.24) is 25.1 Å². The minimum absolute atomic E-state index is 0.241. The number of hydrogen-bond donors (Lipinski definition) is 1. The van der Waals surface area contributed by atoms with Crippen LogP contribution in [0.3, 0.4) is 0 Å². The molecule has 0 spiro atoms. The first kappa shape index (κ1) is 20.3. The highest BCUT2D eigenvalue weighted by Crippen LogP contribution is 2.32. The molecular formula is C25H22N6O3. The van der Waals surface area contributed by atoms with Crippen LogP contribution in [0.15, 0.2) is 63.7 Å². The molecule has 0 radical (unpaired) electrons. The number of fused-ring (bicyclic) bond motifs is 1. The third kappa shape index (κ3) is 3.64. The number of carbonyl (C=O) groups is 1. The molecule has 0 unspecified atom stereocenters. The van der Waals surface area contributed by atoms with E-state index in [1.54, 1.807) is 12.1 Å². The normalized spacial score (nSPS) is 14.1. The van der Waals surface area contributed by atoms with Gasteiger partial charge in [0.1, 0.15) is 5.52 Å². The Balaban J connectivity index is 1.27. The van der Waals surface area contributed by atoms with Crippen molar-refractivity contribution in [3.63, 3.8) is 0 Å². The summed E-state index contributed by atoms with van der Waals surface area (Å²) in [7, 11) is 0. The van der Waals surface area contributed by atoms with Crippen molar-refractivity contribution in [2.45, 2.75) is 38.6 Å². The average molecular weight is 454 g/mol. The van der Waals surface area contributed by atoms with E-state index in [1.807, 2.05) is 48.0 Å². The Kier molecular flexibility index (Phi) is 4.94. The van der Waals surface area contributed by atoms with E-state index in [2.05, 4.69) is 25.8 Å². The summed E-state index contributed by atoms with van der Waals surface area (Å²) in [6.45, 7) is 1.91. The van der Waals surface area contributed by atoms with Gasteiger partial charge in [0.25, 0.3) is 11.8 Å². The van der Waals surface area contributed by atoms with Crippen molar-refractivity contribution in [1.29, 1.82) is 0 Å². The van der Waals surface area contributed by atoms with Crippen LogP contribution in [0, 0.1) is 6.92 Å². The number of amides is 1. The van der Waals surface area contributed by atoms with Gasteiger partial charge in [-0.3, -0.25) is 4.79 Å². The predicted molar refractivity (Wildman–Crippen MR) is 125 cm³/mol. The number of aryl methyl sites for hydroxylation is 1. The van der Waals surface area contributed by atoms with E-state index >= 15 is 0 Å². The van der Waals surface area contributed by atoms with Crippen LogP contribution in [-0.4, -0.2) is 31.0 Å². The lowest BCUT2D eigenvalue weighted by atomic mass is 10.1. The molecule has 9 nitrogen and oxygen atoms in total. The van der Waals surface area contributed by atoms with Crippen molar-refractivity contribution < 1.29 is 13.7 Å². The highest BCUT2D eigenvalue weighted by atomic mass is 16.5. The molecule has 1 aliphatic rings. The molecule has 6 rings (SSSR count). The van der Waals surface area contributed by atoms with Crippen LogP contribution in [0.4, 0.5) is 5.69 Å². The Bertz CT molecular complexity index is 1480. The molecule has 3 heterocycles. The van der Waals surface area contributed by atoms with Gasteiger partial charge >= 0.3 is 0 Å². The van der Waals surface area contributed by atoms with Crippen molar-refractivity contribution in [2.75, 3.05) is 5.32 Å². The van der Waals surface area contributed by atoms with E-state index in [9.17, 15) is 4.79 Å². The second kappa shape index (κ2) is 8.26. The van der Waals surface area contributed by atoms with Crippen LogP contribution in [0.1, 0.15) is 47.8 Å². The second-order valence-corrected chi connectivity index (χ2v) is 8.56. The molecule has 0 saturated heterocycles. The Morgan fingerprint density at radius 3 is 2.76 bits per heavy atom. The summed E-state index contributed by atoms with van der Waals surface area (Å²) in [6, 6.07) is 15.2. The molecule has 0 aliphatic heterocycles. The molecule has 9 heteroatoms. The largest absolute Gasteiger partial charge is 0.459 e. The van der Waals surface area contributed by atoms with Gasteiger partial charge in [-0.1, -0.05) is 29.3 Å². The second-order valence-electron chi connectivity index (χ2n) is 8.56. The smallest absolute Gasteiger partial charge is 0.291 e. The third-order valence-corrected chi connectivity index (χ3v) is 6.30. The summed E-state index contributed by atoms with van der Waals surface area (Å²) >= 11 is 0. The third-order valence-electron chi connectivity index (χ3n) is 6.30. The number of hydrogen-bond acceptors (Lipinski definition) is 7.